The average molecular weight is 485 g/mol. The summed E-state index contributed by atoms with van der Waals surface area (Å²) in [7, 11) is 2.08. The summed E-state index contributed by atoms with van der Waals surface area (Å²) in [6.07, 6.45) is 1.43. The summed E-state index contributed by atoms with van der Waals surface area (Å²) in [5.41, 5.74) is 5.22. The zero-order chi connectivity index (χ0) is 24.4. The first kappa shape index (κ1) is 23.2. The number of aryl methyl sites for hydroxylation is 1. The molecule has 0 atom stereocenters. The van der Waals surface area contributed by atoms with Crippen molar-refractivity contribution in [3.8, 4) is 22.5 Å². The summed E-state index contributed by atoms with van der Waals surface area (Å²) in [4.78, 5) is 15.1. The Kier molecular flexibility index (Phi) is 6.39. The molecule has 1 aromatic heterocycles. The van der Waals surface area contributed by atoms with Gasteiger partial charge in [0.1, 0.15) is 11.4 Å². The number of thioether (sulfide) groups is 1. The van der Waals surface area contributed by atoms with Crippen molar-refractivity contribution >= 4 is 23.4 Å². The smallest absolute Gasteiger partial charge is 0.314 e. The van der Waals surface area contributed by atoms with Crippen molar-refractivity contribution in [2.45, 2.75) is 30.1 Å². The summed E-state index contributed by atoms with van der Waals surface area (Å²) in [6.45, 7) is 2.85. The summed E-state index contributed by atoms with van der Waals surface area (Å²) in [5, 5.41) is 13.8. The summed E-state index contributed by atoms with van der Waals surface area (Å²) in [6, 6.07) is 26.6. The fourth-order valence-corrected chi connectivity index (χ4v) is 5.43. The minimum absolute atomic E-state index is 0.672. The summed E-state index contributed by atoms with van der Waals surface area (Å²) >= 11 is 1.84. The fraction of sp³-hybridized carbons (Fsp3) is 0.241. The van der Waals surface area contributed by atoms with Gasteiger partial charge in [0.25, 0.3) is 0 Å². The van der Waals surface area contributed by atoms with Gasteiger partial charge in [-0.3, -0.25) is 4.79 Å². The average Bonchev–Trinajstić information content (AvgIpc) is 3.61. The topological polar surface area (TPSA) is 66.6 Å². The van der Waals surface area contributed by atoms with Crippen molar-refractivity contribution in [2.75, 3.05) is 24.2 Å². The van der Waals surface area contributed by atoms with Gasteiger partial charge in [-0.1, -0.05) is 71.9 Å². The van der Waals surface area contributed by atoms with Gasteiger partial charge >= 0.3 is 5.97 Å². The maximum atomic E-state index is 11.6. The van der Waals surface area contributed by atoms with E-state index in [-0.39, 0.29) is 0 Å². The molecule has 5 rings (SSSR count). The SMILES string of the molecule is Cc1noc(-c2ccc(-c3ccc(C4(C(=O)O)CC4)cc3)cc2)c1N(C)CCSc1ccccc1. The van der Waals surface area contributed by atoms with Crippen LogP contribution in [0.1, 0.15) is 24.1 Å². The lowest BCUT2D eigenvalue weighted by molar-refractivity contribution is -0.140. The molecule has 1 saturated carbocycles. The Morgan fingerprint density at radius 3 is 2.17 bits per heavy atom. The highest BCUT2D eigenvalue weighted by molar-refractivity contribution is 7.99. The van der Waals surface area contributed by atoms with Crippen LogP contribution in [-0.4, -0.2) is 35.6 Å². The van der Waals surface area contributed by atoms with Crippen molar-refractivity contribution in [2.24, 2.45) is 0 Å². The predicted molar refractivity (Wildman–Crippen MR) is 141 cm³/mol. The molecule has 1 heterocycles. The number of aromatic nitrogens is 1. The van der Waals surface area contributed by atoms with Gasteiger partial charge in [-0.15, -0.1) is 11.8 Å². The molecule has 35 heavy (non-hydrogen) atoms. The molecule has 0 bridgehead atoms. The van der Waals surface area contributed by atoms with Crippen molar-refractivity contribution in [3.63, 3.8) is 0 Å². The van der Waals surface area contributed by atoms with Crippen LogP contribution in [0, 0.1) is 6.92 Å². The second kappa shape index (κ2) is 9.62. The van der Waals surface area contributed by atoms with E-state index in [0.717, 1.165) is 51.7 Å². The number of carboxylic acids is 1. The second-order valence-corrected chi connectivity index (χ2v) is 10.2. The van der Waals surface area contributed by atoms with Crippen molar-refractivity contribution in [1.82, 2.24) is 5.16 Å². The largest absolute Gasteiger partial charge is 0.481 e. The predicted octanol–water partition coefficient (Wildman–Crippen LogP) is 6.66. The van der Waals surface area contributed by atoms with Crippen molar-refractivity contribution in [1.29, 1.82) is 0 Å². The molecular formula is C29H28N2O3S. The van der Waals surface area contributed by atoms with Gasteiger partial charge in [0, 0.05) is 29.8 Å². The molecule has 3 aromatic carbocycles. The van der Waals surface area contributed by atoms with Crippen LogP contribution in [0.2, 0.25) is 0 Å². The molecule has 0 saturated heterocycles. The zero-order valence-corrected chi connectivity index (χ0v) is 20.7. The van der Waals surface area contributed by atoms with E-state index in [1.165, 1.54) is 4.90 Å². The Morgan fingerprint density at radius 1 is 0.971 bits per heavy atom. The van der Waals surface area contributed by atoms with Crippen LogP contribution in [0.4, 0.5) is 5.69 Å². The number of carbonyl (C=O) groups is 1. The molecular weight excluding hydrogens is 456 g/mol. The van der Waals surface area contributed by atoms with E-state index >= 15 is 0 Å². The normalized spacial score (nSPS) is 14.0. The van der Waals surface area contributed by atoms with E-state index in [4.69, 9.17) is 4.52 Å². The third-order valence-corrected chi connectivity index (χ3v) is 7.72. The Hall–Kier alpha value is -3.51. The third kappa shape index (κ3) is 4.71. The number of anilines is 1. The van der Waals surface area contributed by atoms with Crippen LogP contribution < -0.4 is 4.90 Å². The lowest BCUT2D eigenvalue weighted by atomic mass is 9.93. The molecule has 5 nitrogen and oxygen atoms in total. The van der Waals surface area contributed by atoms with E-state index in [0.29, 0.717) is 12.8 Å². The molecule has 1 aliphatic rings. The van der Waals surface area contributed by atoms with Gasteiger partial charge < -0.3 is 14.5 Å². The molecule has 0 amide bonds. The lowest BCUT2D eigenvalue weighted by Gasteiger charge is -2.19. The van der Waals surface area contributed by atoms with E-state index in [9.17, 15) is 9.90 Å². The van der Waals surface area contributed by atoms with Gasteiger partial charge in [-0.25, -0.2) is 0 Å². The molecule has 0 unspecified atom stereocenters. The Bertz CT molecular complexity index is 1310. The number of nitrogens with zero attached hydrogens (tertiary/aromatic N) is 2. The fourth-order valence-electron chi connectivity index (χ4n) is 4.48. The van der Waals surface area contributed by atoms with E-state index in [2.05, 4.69) is 65.6 Å². The second-order valence-electron chi connectivity index (χ2n) is 9.07. The van der Waals surface area contributed by atoms with Crippen LogP contribution in [-0.2, 0) is 10.2 Å². The molecule has 1 fully saturated rings. The molecule has 1 aliphatic carbocycles. The Labute approximate surface area is 209 Å². The number of hydrogen-bond donors (Lipinski definition) is 1. The van der Waals surface area contributed by atoms with Crippen LogP contribution in [0.5, 0.6) is 0 Å². The van der Waals surface area contributed by atoms with Crippen LogP contribution >= 0.6 is 11.8 Å². The number of aliphatic carboxylic acids is 1. The van der Waals surface area contributed by atoms with E-state index in [1.54, 1.807) is 0 Å². The maximum absolute atomic E-state index is 11.6. The van der Waals surface area contributed by atoms with Crippen LogP contribution in [0.15, 0.2) is 88.3 Å². The zero-order valence-electron chi connectivity index (χ0n) is 19.9. The standard InChI is InChI=1S/C29H28N2O3S/c1-20-26(31(2)18-19-35-25-6-4-3-5-7-25)27(34-30-20)23-10-8-21(9-11-23)22-12-14-24(15-13-22)29(16-17-29)28(32)33/h3-15H,16-19H2,1-2H3,(H,32,33). The van der Waals surface area contributed by atoms with Gasteiger partial charge in [-0.05, 0) is 48.6 Å². The molecule has 4 aromatic rings. The number of rotatable bonds is 9. The Morgan fingerprint density at radius 2 is 1.57 bits per heavy atom. The number of benzene rings is 3. The van der Waals surface area contributed by atoms with Crippen LogP contribution in [0.25, 0.3) is 22.5 Å². The third-order valence-electron chi connectivity index (χ3n) is 6.73. The lowest BCUT2D eigenvalue weighted by Crippen LogP contribution is -2.21. The first-order valence-electron chi connectivity index (χ1n) is 11.8. The first-order chi connectivity index (χ1) is 17.0. The number of carboxylic acid groups (broad SMARTS) is 1. The minimum Gasteiger partial charge on any atom is -0.481 e. The van der Waals surface area contributed by atoms with E-state index in [1.807, 2.05) is 49.0 Å². The molecule has 178 valence electrons. The molecule has 6 heteroatoms. The molecule has 1 N–H and O–H groups in total. The van der Waals surface area contributed by atoms with Crippen molar-refractivity contribution in [3.05, 3.63) is 90.1 Å². The quantitative estimate of drug-likeness (QED) is 0.268. The van der Waals surface area contributed by atoms with Gasteiger partial charge in [0.2, 0.25) is 0 Å². The van der Waals surface area contributed by atoms with Gasteiger partial charge in [0.05, 0.1) is 5.41 Å². The molecule has 0 aliphatic heterocycles. The number of hydrogen-bond acceptors (Lipinski definition) is 5. The highest BCUT2D eigenvalue weighted by atomic mass is 32.2. The molecule has 0 radical (unpaired) electrons. The highest BCUT2D eigenvalue weighted by Gasteiger charge is 2.51. The maximum Gasteiger partial charge on any atom is 0.314 e. The minimum atomic E-state index is -0.726. The first-order valence-corrected chi connectivity index (χ1v) is 12.8. The van der Waals surface area contributed by atoms with Gasteiger partial charge in [-0.2, -0.15) is 0 Å². The van der Waals surface area contributed by atoms with Crippen LogP contribution in [0.3, 0.4) is 0 Å². The summed E-state index contributed by atoms with van der Waals surface area (Å²) < 4.78 is 5.74. The van der Waals surface area contributed by atoms with Crippen molar-refractivity contribution < 1.29 is 14.4 Å². The Balaban J connectivity index is 1.29. The van der Waals surface area contributed by atoms with Gasteiger partial charge in [0.15, 0.2) is 5.76 Å². The van der Waals surface area contributed by atoms with E-state index < -0.39 is 11.4 Å². The monoisotopic (exact) mass is 484 g/mol. The highest BCUT2D eigenvalue weighted by Crippen LogP contribution is 2.48. The summed E-state index contributed by atoms with van der Waals surface area (Å²) in [5.74, 6) is 1.01. The molecule has 0 spiro atoms.